The van der Waals surface area contributed by atoms with Crippen molar-refractivity contribution < 1.29 is 38.0 Å². The Hall–Kier alpha value is -1.15. The molecular weight excluding hydrogens is 263 g/mol. The van der Waals surface area contributed by atoms with Crippen molar-refractivity contribution in [3.8, 4) is 0 Å². The number of nitrogen functional groups attached to an aromatic ring is 1. The number of hydrogen-bond donors (Lipinski definition) is 2. The van der Waals surface area contributed by atoms with E-state index in [1.165, 1.54) is 42.9 Å². The number of aromatic nitrogens is 2. The van der Waals surface area contributed by atoms with Crippen LogP contribution in [0.4, 0.5) is 11.5 Å². The topological polar surface area (TPSA) is 98.0 Å². The molecule has 6 nitrogen and oxygen atoms in total. The van der Waals surface area contributed by atoms with Crippen LogP contribution >= 0.6 is 0 Å². The summed E-state index contributed by atoms with van der Waals surface area (Å²) in [6.07, 6.45) is 4.19. The molecule has 0 unspecified atom stereocenters. The number of hydrogen-bond acceptors (Lipinski definition) is 5. The first-order valence-electron chi connectivity index (χ1n) is 4.72. The first kappa shape index (κ1) is 14.9. The summed E-state index contributed by atoms with van der Waals surface area (Å²) in [5, 5.41) is 0. The molecule has 0 atom stereocenters. The zero-order chi connectivity index (χ0) is 12.3. The molecule has 18 heavy (non-hydrogen) atoms. The molecule has 1 heterocycles. The molecule has 0 aliphatic rings. The fraction of sp³-hybridized carbons (Fsp3) is 0. The number of sulfonamides is 1. The summed E-state index contributed by atoms with van der Waals surface area (Å²) in [6, 6.07) is 5.89. The molecule has 0 saturated carbocycles. The van der Waals surface area contributed by atoms with Gasteiger partial charge in [0.05, 0.1) is 11.1 Å². The average molecular weight is 273 g/mol. The molecule has 0 amide bonds. The normalized spacial score (nSPS) is 10.4. The van der Waals surface area contributed by atoms with E-state index in [0.717, 1.165) is 0 Å². The number of nitrogens with one attached hydrogen (secondary N) is 1. The second-order valence-corrected chi connectivity index (χ2v) is 4.95. The van der Waals surface area contributed by atoms with Crippen LogP contribution in [0.1, 0.15) is 0 Å². The molecule has 8 heteroatoms. The molecule has 0 saturated heterocycles. The predicted octanol–water partition coefficient (Wildman–Crippen LogP) is -2.14. The van der Waals surface area contributed by atoms with Crippen LogP contribution in [-0.2, 0) is 10.0 Å². The van der Waals surface area contributed by atoms with Crippen LogP contribution in [0.25, 0.3) is 0 Å². The van der Waals surface area contributed by atoms with Gasteiger partial charge in [0.2, 0.25) is 0 Å². The number of nitrogens with two attached hydrogens (primary N) is 1. The van der Waals surface area contributed by atoms with Crippen LogP contribution in [-0.4, -0.2) is 18.4 Å². The third-order valence-corrected chi connectivity index (χ3v) is 3.36. The Kier molecular flexibility index (Phi) is 5.09. The Labute approximate surface area is 127 Å². The van der Waals surface area contributed by atoms with Crippen molar-refractivity contribution in [1.29, 1.82) is 0 Å². The third-order valence-electron chi connectivity index (χ3n) is 1.99. The molecule has 0 aliphatic carbocycles. The van der Waals surface area contributed by atoms with Crippen LogP contribution in [0.15, 0.2) is 47.8 Å². The van der Waals surface area contributed by atoms with Gasteiger partial charge in [-0.15, -0.1) is 0 Å². The Morgan fingerprint density at radius 2 is 1.78 bits per heavy atom. The quantitative estimate of drug-likeness (QED) is 0.491. The molecule has 0 aliphatic heterocycles. The SMILES string of the molecule is Nc1ccc(S(=O)(=O)Nc2cnccn2)cc1.[Na+]. The van der Waals surface area contributed by atoms with Crippen molar-refractivity contribution in [2.45, 2.75) is 4.90 Å². The molecule has 0 radical (unpaired) electrons. The summed E-state index contributed by atoms with van der Waals surface area (Å²) in [5.41, 5.74) is 5.99. The van der Waals surface area contributed by atoms with Crippen LogP contribution < -0.4 is 40.0 Å². The molecule has 2 rings (SSSR count). The van der Waals surface area contributed by atoms with E-state index >= 15 is 0 Å². The second kappa shape index (κ2) is 6.14. The molecule has 0 fully saturated rings. The summed E-state index contributed by atoms with van der Waals surface area (Å²) < 4.78 is 26.1. The smallest absolute Gasteiger partial charge is 0.399 e. The summed E-state index contributed by atoms with van der Waals surface area (Å²) in [5.74, 6) is 0.171. The van der Waals surface area contributed by atoms with Crippen molar-refractivity contribution in [3.05, 3.63) is 42.9 Å². The van der Waals surface area contributed by atoms with Gasteiger partial charge < -0.3 is 5.73 Å². The predicted molar refractivity (Wildman–Crippen MR) is 63.7 cm³/mol. The van der Waals surface area contributed by atoms with E-state index in [1.807, 2.05) is 0 Å². The van der Waals surface area contributed by atoms with E-state index in [9.17, 15) is 8.42 Å². The summed E-state index contributed by atoms with van der Waals surface area (Å²) in [7, 11) is -3.64. The fourth-order valence-electron chi connectivity index (χ4n) is 1.20. The largest absolute Gasteiger partial charge is 1.00 e. The Balaban J connectivity index is 0.00000162. The van der Waals surface area contributed by atoms with Crippen molar-refractivity contribution in [3.63, 3.8) is 0 Å². The van der Waals surface area contributed by atoms with Crippen molar-refractivity contribution >= 4 is 21.5 Å². The first-order valence-corrected chi connectivity index (χ1v) is 6.20. The Morgan fingerprint density at radius 1 is 1.11 bits per heavy atom. The van der Waals surface area contributed by atoms with E-state index in [1.54, 1.807) is 0 Å². The standard InChI is InChI=1S/C10H10N4O2S.Na/c11-8-1-3-9(4-2-8)17(15,16)14-10-7-12-5-6-13-10;/h1-7H,11H2,(H,13,14);/q;+1. The summed E-state index contributed by atoms with van der Waals surface area (Å²) in [4.78, 5) is 7.72. The van der Waals surface area contributed by atoms with Crippen LogP contribution in [0.3, 0.4) is 0 Å². The van der Waals surface area contributed by atoms with E-state index < -0.39 is 10.0 Å². The minimum Gasteiger partial charge on any atom is -0.399 e. The van der Waals surface area contributed by atoms with Gasteiger partial charge in [0.15, 0.2) is 5.82 Å². The molecule has 3 N–H and O–H groups in total. The number of benzene rings is 1. The summed E-state index contributed by atoms with van der Waals surface area (Å²) in [6.45, 7) is 0. The van der Waals surface area contributed by atoms with Crippen LogP contribution in [0, 0.1) is 0 Å². The fourth-order valence-corrected chi connectivity index (χ4v) is 2.19. The minimum atomic E-state index is -3.64. The van der Waals surface area contributed by atoms with Gasteiger partial charge in [0, 0.05) is 18.1 Å². The maximum atomic E-state index is 11.9. The van der Waals surface area contributed by atoms with Gasteiger partial charge in [-0.25, -0.2) is 13.4 Å². The molecule has 1 aromatic carbocycles. The van der Waals surface area contributed by atoms with E-state index in [-0.39, 0.29) is 40.3 Å². The van der Waals surface area contributed by atoms with Gasteiger partial charge in [0.1, 0.15) is 0 Å². The number of rotatable bonds is 3. The molecule has 0 spiro atoms. The minimum absolute atomic E-state index is 0. The zero-order valence-electron chi connectivity index (χ0n) is 9.74. The number of nitrogens with zero attached hydrogens (tertiary/aromatic N) is 2. The molecule has 1 aromatic heterocycles. The van der Waals surface area contributed by atoms with Crippen molar-refractivity contribution in [2.75, 3.05) is 10.5 Å². The Morgan fingerprint density at radius 3 is 2.33 bits per heavy atom. The monoisotopic (exact) mass is 273 g/mol. The van der Waals surface area contributed by atoms with Crippen LogP contribution in [0.5, 0.6) is 0 Å². The number of anilines is 2. The molecular formula is C10H10N4NaO2S+. The average Bonchev–Trinajstić information content (AvgIpc) is 2.30. The Bertz CT molecular complexity index is 602. The van der Waals surface area contributed by atoms with E-state index in [2.05, 4.69) is 14.7 Å². The van der Waals surface area contributed by atoms with Gasteiger partial charge in [-0.05, 0) is 24.3 Å². The van der Waals surface area contributed by atoms with Gasteiger partial charge in [-0.2, -0.15) is 0 Å². The maximum Gasteiger partial charge on any atom is 1.00 e. The van der Waals surface area contributed by atoms with Gasteiger partial charge >= 0.3 is 29.6 Å². The van der Waals surface area contributed by atoms with Crippen molar-refractivity contribution in [1.82, 2.24) is 9.97 Å². The van der Waals surface area contributed by atoms with Gasteiger partial charge in [-0.3, -0.25) is 9.71 Å². The first-order chi connectivity index (χ1) is 8.08. The maximum absolute atomic E-state index is 11.9. The van der Waals surface area contributed by atoms with Crippen LogP contribution in [0.2, 0.25) is 0 Å². The second-order valence-electron chi connectivity index (χ2n) is 3.27. The zero-order valence-corrected chi connectivity index (χ0v) is 12.6. The molecule has 0 bridgehead atoms. The van der Waals surface area contributed by atoms with E-state index in [4.69, 9.17) is 5.73 Å². The molecule has 88 valence electrons. The van der Waals surface area contributed by atoms with E-state index in [0.29, 0.717) is 5.69 Å². The molecule has 2 aromatic rings. The summed E-state index contributed by atoms with van der Waals surface area (Å²) >= 11 is 0. The van der Waals surface area contributed by atoms with Crippen molar-refractivity contribution in [2.24, 2.45) is 0 Å². The van der Waals surface area contributed by atoms with Gasteiger partial charge in [0.25, 0.3) is 10.0 Å². The van der Waals surface area contributed by atoms with Gasteiger partial charge in [-0.1, -0.05) is 0 Å². The third kappa shape index (κ3) is 3.67.